The lowest BCUT2D eigenvalue weighted by atomic mass is 9.99. The molecule has 0 aromatic heterocycles. The topological polar surface area (TPSA) is 41.5 Å². The highest BCUT2D eigenvalue weighted by molar-refractivity contribution is 4.75. The molecular formula is C13H27NO2. The van der Waals surface area contributed by atoms with Gasteiger partial charge in [-0.25, -0.2) is 0 Å². The van der Waals surface area contributed by atoms with Gasteiger partial charge in [0.2, 0.25) is 0 Å². The lowest BCUT2D eigenvalue weighted by Crippen LogP contribution is -2.36. The maximum Gasteiger partial charge on any atom is 0.0874 e. The normalized spacial score (nSPS) is 22.3. The summed E-state index contributed by atoms with van der Waals surface area (Å²) in [4.78, 5) is 0. The monoisotopic (exact) mass is 229 g/mol. The molecule has 96 valence electrons. The number of hydrogen-bond acceptors (Lipinski definition) is 3. The highest BCUT2D eigenvalue weighted by Gasteiger charge is 2.22. The number of hydrogen-bond donors (Lipinski definition) is 2. The van der Waals surface area contributed by atoms with E-state index in [-0.39, 0.29) is 0 Å². The van der Waals surface area contributed by atoms with Crippen LogP contribution in [-0.2, 0) is 4.74 Å². The van der Waals surface area contributed by atoms with E-state index >= 15 is 0 Å². The number of piperidine rings is 1. The molecule has 1 heterocycles. The molecule has 3 nitrogen and oxygen atoms in total. The zero-order chi connectivity index (χ0) is 11.9. The molecule has 1 atom stereocenters. The van der Waals surface area contributed by atoms with E-state index in [1.807, 2.05) is 13.8 Å². The van der Waals surface area contributed by atoms with Crippen molar-refractivity contribution in [2.24, 2.45) is 0 Å². The van der Waals surface area contributed by atoms with Crippen molar-refractivity contribution in [2.75, 3.05) is 19.8 Å². The first-order chi connectivity index (χ1) is 7.70. The lowest BCUT2D eigenvalue weighted by molar-refractivity contribution is -0.0528. The molecule has 0 radical (unpaired) electrons. The number of aliphatic hydroxyl groups is 1. The van der Waals surface area contributed by atoms with Crippen LogP contribution in [0.5, 0.6) is 0 Å². The molecule has 1 aliphatic rings. The molecule has 1 aliphatic heterocycles. The summed E-state index contributed by atoms with van der Waals surface area (Å²) in [5, 5.41) is 13.5. The van der Waals surface area contributed by atoms with Gasteiger partial charge in [0.25, 0.3) is 0 Å². The molecule has 0 saturated carbocycles. The largest absolute Gasteiger partial charge is 0.388 e. The van der Waals surface area contributed by atoms with Crippen LogP contribution in [0, 0.1) is 0 Å². The van der Waals surface area contributed by atoms with Crippen molar-refractivity contribution >= 4 is 0 Å². The van der Waals surface area contributed by atoms with Crippen LogP contribution >= 0.6 is 0 Å². The van der Waals surface area contributed by atoms with Crippen molar-refractivity contribution in [2.45, 2.75) is 64.0 Å². The van der Waals surface area contributed by atoms with Crippen molar-refractivity contribution in [1.29, 1.82) is 0 Å². The van der Waals surface area contributed by atoms with Crippen molar-refractivity contribution in [3.05, 3.63) is 0 Å². The third-order valence-electron chi connectivity index (χ3n) is 3.71. The minimum atomic E-state index is -0.611. The van der Waals surface area contributed by atoms with Crippen molar-refractivity contribution in [3.63, 3.8) is 0 Å². The molecule has 0 aromatic rings. The Morgan fingerprint density at radius 2 is 2.06 bits per heavy atom. The fourth-order valence-electron chi connectivity index (χ4n) is 2.11. The lowest BCUT2D eigenvalue weighted by Gasteiger charge is -2.26. The van der Waals surface area contributed by atoms with Gasteiger partial charge in [-0.1, -0.05) is 20.3 Å². The Balaban J connectivity index is 2.06. The second-order valence-corrected chi connectivity index (χ2v) is 4.92. The Labute approximate surface area is 99.6 Å². The maximum atomic E-state index is 10.0. The first kappa shape index (κ1) is 13.9. The molecule has 1 saturated heterocycles. The third-order valence-corrected chi connectivity index (χ3v) is 3.71. The van der Waals surface area contributed by atoms with Crippen LogP contribution in [0.2, 0.25) is 0 Å². The fourth-order valence-corrected chi connectivity index (χ4v) is 2.11. The van der Waals surface area contributed by atoms with Crippen molar-refractivity contribution in [1.82, 2.24) is 5.32 Å². The van der Waals surface area contributed by atoms with E-state index in [0.717, 1.165) is 32.4 Å². The van der Waals surface area contributed by atoms with Crippen LogP contribution in [0.25, 0.3) is 0 Å². The fraction of sp³-hybridized carbons (Fsp3) is 1.00. The molecule has 2 N–H and O–H groups in total. The molecule has 0 aromatic carbocycles. The van der Waals surface area contributed by atoms with Gasteiger partial charge in [-0.05, 0) is 38.6 Å². The summed E-state index contributed by atoms with van der Waals surface area (Å²) in [6, 6.07) is 0.630. The van der Waals surface area contributed by atoms with Crippen LogP contribution in [0.4, 0.5) is 0 Å². The molecule has 0 aliphatic carbocycles. The third kappa shape index (κ3) is 4.81. The van der Waals surface area contributed by atoms with Crippen LogP contribution in [-0.4, -0.2) is 36.5 Å². The summed E-state index contributed by atoms with van der Waals surface area (Å²) in [6.07, 6.45) is 6.53. The van der Waals surface area contributed by atoms with E-state index in [1.54, 1.807) is 0 Å². The first-order valence-corrected chi connectivity index (χ1v) is 6.73. The van der Waals surface area contributed by atoms with Gasteiger partial charge in [0.1, 0.15) is 0 Å². The van der Waals surface area contributed by atoms with E-state index in [4.69, 9.17) is 4.74 Å². The van der Waals surface area contributed by atoms with E-state index in [9.17, 15) is 5.11 Å². The Morgan fingerprint density at radius 1 is 1.31 bits per heavy atom. The molecular weight excluding hydrogens is 202 g/mol. The van der Waals surface area contributed by atoms with Gasteiger partial charge < -0.3 is 15.2 Å². The first-order valence-electron chi connectivity index (χ1n) is 6.73. The van der Waals surface area contributed by atoms with Crippen molar-refractivity contribution in [3.8, 4) is 0 Å². The van der Waals surface area contributed by atoms with E-state index in [1.165, 1.54) is 19.3 Å². The second kappa shape index (κ2) is 7.25. The van der Waals surface area contributed by atoms with Crippen LogP contribution in [0.15, 0.2) is 0 Å². The molecule has 3 heteroatoms. The molecule has 1 unspecified atom stereocenters. The highest BCUT2D eigenvalue weighted by atomic mass is 16.5. The number of rotatable bonds is 7. The zero-order valence-electron chi connectivity index (χ0n) is 10.8. The van der Waals surface area contributed by atoms with Gasteiger partial charge >= 0.3 is 0 Å². The molecule has 1 fully saturated rings. The number of nitrogens with one attached hydrogen (secondary N) is 1. The standard InChI is InChI=1S/C13H27NO2/c1-3-13(15,4-2)11-16-10-8-12-7-5-6-9-14-12/h12,14-15H,3-11H2,1-2H3. The van der Waals surface area contributed by atoms with Gasteiger partial charge in [0.15, 0.2) is 0 Å². The Kier molecular flexibility index (Phi) is 6.32. The van der Waals surface area contributed by atoms with E-state index in [0.29, 0.717) is 12.6 Å². The Morgan fingerprint density at radius 3 is 2.62 bits per heavy atom. The summed E-state index contributed by atoms with van der Waals surface area (Å²) >= 11 is 0. The Hall–Kier alpha value is -0.120. The van der Waals surface area contributed by atoms with Gasteiger partial charge in [0.05, 0.1) is 12.2 Å². The number of ether oxygens (including phenoxy) is 1. The molecule has 16 heavy (non-hydrogen) atoms. The van der Waals surface area contributed by atoms with Gasteiger partial charge in [-0.3, -0.25) is 0 Å². The molecule has 1 rings (SSSR count). The summed E-state index contributed by atoms with van der Waals surface area (Å²) in [6.45, 7) is 6.41. The highest BCUT2D eigenvalue weighted by Crippen LogP contribution is 2.15. The summed E-state index contributed by atoms with van der Waals surface area (Å²) in [5.41, 5.74) is -0.611. The zero-order valence-corrected chi connectivity index (χ0v) is 10.8. The van der Waals surface area contributed by atoms with Gasteiger partial charge in [-0.15, -0.1) is 0 Å². The minimum absolute atomic E-state index is 0.479. The maximum absolute atomic E-state index is 10.0. The van der Waals surface area contributed by atoms with Gasteiger partial charge in [-0.2, -0.15) is 0 Å². The second-order valence-electron chi connectivity index (χ2n) is 4.92. The SMILES string of the molecule is CCC(O)(CC)COCCC1CCCCN1. The van der Waals surface area contributed by atoms with E-state index in [2.05, 4.69) is 5.32 Å². The van der Waals surface area contributed by atoms with Crippen LogP contribution < -0.4 is 5.32 Å². The predicted octanol–water partition coefficient (Wildman–Crippen LogP) is 2.09. The van der Waals surface area contributed by atoms with Crippen LogP contribution in [0.1, 0.15) is 52.4 Å². The summed E-state index contributed by atoms with van der Waals surface area (Å²) in [5.74, 6) is 0. The summed E-state index contributed by atoms with van der Waals surface area (Å²) < 4.78 is 5.59. The molecule has 0 amide bonds. The summed E-state index contributed by atoms with van der Waals surface area (Å²) in [7, 11) is 0. The quantitative estimate of drug-likeness (QED) is 0.657. The van der Waals surface area contributed by atoms with Gasteiger partial charge in [0, 0.05) is 12.6 Å². The Bertz CT molecular complexity index is 175. The molecule has 0 spiro atoms. The van der Waals surface area contributed by atoms with Crippen LogP contribution in [0.3, 0.4) is 0 Å². The average molecular weight is 229 g/mol. The minimum Gasteiger partial charge on any atom is -0.388 e. The van der Waals surface area contributed by atoms with E-state index < -0.39 is 5.60 Å². The smallest absolute Gasteiger partial charge is 0.0874 e. The molecule has 0 bridgehead atoms. The van der Waals surface area contributed by atoms with Crippen molar-refractivity contribution < 1.29 is 9.84 Å². The predicted molar refractivity (Wildman–Crippen MR) is 66.6 cm³/mol. The average Bonchev–Trinajstić information content (AvgIpc) is 2.36.